The number of rotatable bonds is 5. The molecule has 0 amide bonds. The van der Waals surface area contributed by atoms with Crippen LogP contribution >= 0.6 is 0 Å². The first-order valence-corrected chi connectivity index (χ1v) is 7.08. The summed E-state index contributed by atoms with van der Waals surface area (Å²) in [6.07, 6.45) is 2.73. The summed E-state index contributed by atoms with van der Waals surface area (Å²) in [4.78, 5) is 11.2. The van der Waals surface area contributed by atoms with Crippen molar-refractivity contribution >= 4 is 16.7 Å². The molecule has 2 N–H and O–H groups in total. The Balaban J connectivity index is 1.66. The zero-order valence-corrected chi connectivity index (χ0v) is 11.9. The quantitative estimate of drug-likeness (QED) is 0.755. The summed E-state index contributed by atoms with van der Waals surface area (Å²) in [6.45, 7) is 2.49. The molecule has 4 nitrogen and oxygen atoms in total. The van der Waals surface area contributed by atoms with Gasteiger partial charge in [-0.1, -0.05) is 25.1 Å². The van der Waals surface area contributed by atoms with Gasteiger partial charge in [-0.2, -0.15) is 0 Å². The van der Waals surface area contributed by atoms with Crippen molar-refractivity contribution < 1.29 is 4.39 Å². The van der Waals surface area contributed by atoms with E-state index in [1.807, 2.05) is 25.1 Å². The Morgan fingerprint density at radius 2 is 2.10 bits per heavy atom. The Hall–Kier alpha value is -2.43. The van der Waals surface area contributed by atoms with Crippen LogP contribution in [0.1, 0.15) is 18.3 Å². The number of aromatic amines is 1. The molecule has 108 valence electrons. The fraction of sp³-hybridized carbons (Fsp3) is 0.250. The fourth-order valence-corrected chi connectivity index (χ4v) is 2.36. The molecule has 0 saturated heterocycles. The zero-order valence-electron chi connectivity index (χ0n) is 11.9. The first-order chi connectivity index (χ1) is 10.3. The van der Waals surface area contributed by atoms with Crippen LogP contribution in [0.5, 0.6) is 0 Å². The maximum atomic E-state index is 14.0. The molecule has 0 aliphatic rings. The lowest BCUT2D eigenvalue weighted by Crippen LogP contribution is -2.10. The van der Waals surface area contributed by atoms with Crippen molar-refractivity contribution in [3.05, 3.63) is 53.9 Å². The van der Waals surface area contributed by atoms with Gasteiger partial charge in [-0.25, -0.2) is 14.4 Å². The summed E-state index contributed by atoms with van der Waals surface area (Å²) in [5.74, 6) is -0.0744. The van der Waals surface area contributed by atoms with Gasteiger partial charge >= 0.3 is 0 Å². The van der Waals surface area contributed by atoms with Crippen molar-refractivity contribution in [3.63, 3.8) is 0 Å². The number of hydrogen-bond donors (Lipinski definition) is 2. The highest BCUT2D eigenvalue weighted by molar-refractivity contribution is 5.80. The summed E-state index contributed by atoms with van der Waals surface area (Å²) in [6, 6.07) is 10.2. The largest absolute Gasteiger partial charge is 0.367 e. The number of aryl methyl sites for hydroxylation is 1. The van der Waals surface area contributed by atoms with Gasteiger partial charge in [0.05, 0.1) is 5.69 Å². The zero-order chi connectivity index (χ0) is 14.7. The average molecular weight is 284 g/mol. The molecule has 3 aromatic rings. The third-order valence-electron chi connectivity index (χ3n) is 3.47. The van der Waals surface area contributed by atoms with E-state index in [0.29, 0.717) is 18.7 Å². The van der Waals surface area contributed by atoms with Gasteiger partial charge in [0.2, 0.25) is 0 Å². The number of aromatic nitrogens is 3. The summed E-state index contributed by atoms with van der Waals surface area (Å²) < 4.78 is 14.0. The molecule has 5 heteroatoms. The molecular formula is C16H17FN4. The van der Waals surface area contributed by atoms with Crippen LogP contribution in [0.3, 0.4) is 0 Å². The monoisotopic (exact) mass is 284 g/mol. The minimum absolute atomic E-state index is 0.276. The van der Waals surface area contributed by atoms with Gasteiger partial charge in [0, 0.05) is 24.2 Å². The third kappa shape index (κ3) is 2.86. The van der Waals surface area contributed by atoms with E-state index in [2.05, 4.69) is 32.4 Å². The number of halogens is 1. The lowest BCUT2D eigenvalue weighted by atomic mass is 10.2. The van der Waals surface area contributed by atoms with E-state index in [1.54, 1.807) is 0 Å². The minimum atomic E-state index is -0.350. The van der Waals surface area contributed by atoms with E-state index in [9.17, 15) is 4.39 Å². The molecule has 3 rings (SSSR count). The van der Waals surface area contributed by atoms with Crippen LogP contribution in [-0.4, -0.2) is 21.5 Å². The van der Waals surface area contributed by atoms with Crippen LogP contribution in [-0.2, 0) is 12.8 Å². The molecule has 0 bridgehead atoms. The second-order valence-corrected chi connectivity index (χ2v) is 4.90. The number of H-pyrrole nitrogens is 1. The third-order valence-corrected chi connectivity index (χ3v) is 3.47. The molecule has 21 heavy (non-hydrogen) atoms. The van der Waals surface area contributed by atoms with Crippen LogP contribution in [0.15, 0.2) is 36.7 Å². The number of hydrogen-bond acceptors (Lipinski definition) is 3. The highest BCUT2D eigenvalue weighted by atomic mass is 19.1. The first kappa shape index (κ1) is 13.5. The van der Waals surface area contributed by atoms with Crippen molar-refractivity contribution in [2.24, 2.45) is 0 Å². The molecule has 0 spiro atoms. The summed E-state index contributed by atoms with van der Waals surface area (Å²) in [5, 5.41) is 4.22. The van der Waals surface area contributed by atoms with Crippen molar-refractivity contribution in [1.29, 1.82) is 0 Å². The van der Waals surface area contributed by atoms with E-state index < -0.39 is 0 Å². The van der Waals surface area contributed by atoms with Gasteiger partial charge in [0.15, 0.2) is 11.6 Å². The first-order valence-electron chi connectivity index (χ1n) is 7.08. The van der Waals surface area contributed by atoms with Gasteiger partial charge in [0.25, 0.3) is 0 Å². The van der Waals surface area contributed by atoms with Crippen molar-refractivity contribution in [2.45, 2.75) is 19.8 Å². The topological polar surface area (TPSA) is 53.6 Å². The number of nitrogens with one attached hydrogen (secondary N) is 2. The van der Waals surface area contributed by atoms with E-state index in [-0.39, 0.29) is 11.6 Å². The minimum Gasteiger partial charge on any atom is -0.367 e. The van der Waals surface area contributed by atoms with Gasteiger partial charge < -0.3 is 10.3 Å². The second kappa shape index (κ2) is 5.91. The van der Waals surface area contributed by atoms with E-state index in [1.165, 1.54) is 11.7 Å². The molecule has 2 heterocycles. The number of fused-ring (bicyclic) bond motifs is 1. The smallest absolute Gasteiger partial charge is 0.186 e. The maximum Gasteiger partial charge on any atom is 0.186 e. The Kier molecular flexibility index (Phi) is 3.81. The van der Waals surface area contributed by atoms with Crippen molar-refractivity contribution in [1.82, 2.24) is 15.0 Å². The molecule has 0 radical (unpaired) electrons. The summed E-state index contributed by atoms with van der Waals surface area (Å²) in [5.41, 5.74) is 2.68. The van der Waals surface area contributed by atoms with E-state index in [4.69, 9.17) is 0 Å². The summed E-state index contributed by atoms with van der Waals surface area (Å²) in [7, 11) is 0. The molecule has 0 atom stereocenters. The van der Waals surface area contributed by atoms with Crippen LogP contribution in [0.2, 0.25) is 0 Å². The number of benzene rings is 1. The molecule has 0 aliphatic heterocycles. The number of nitrogens with zero attached hydrogens (tertiary/aromatic N) is 2. The van der Waals surface area contributed by atoms with Crippen LogP contribution in [0, 0.1) is 5.82 Å². The maximum absolute atomic E-state index is 14.0. The van der Waals surface area contributed by atoms with E-state index >= 15 is 0 Å². The van der Waals surface area contributed by atoms with Crippen LogP contribution < -0.4 is 5.32 Å². The van der Waals surface area contributed by atoms with Gasteiger partial charge in [0.1, 0.15) is 6.33 Å². The standard InChI is InChI=1S/C16H17FN4/c1-2-13-15(17)16(20-10-19-13)18-8-7-12-9-11-5-3-4-6-14(11)21-12/h3-6,9-10,21H,2,7-8H2,1H3,(H,18,19,20). The average Bonchev–Trinajstić information content (AvgIpc) is 2.91. The number of para-hydroxylation sites is 1. The van der Waals surface area contributed by atoms with Gasteiger partial charge in [-0.05, 0) is 23.9 Å². The normalized spacial score (nSPS) is 11.0. The molecular weight excluding hydrogens is 267 g/mol. The highest BCUT2D eigenvalue weighted by Gasteiger charge is 2.09. The second-order valence-electron chi connectivity index (χ2n) is 4.90. The van der Waals surface area contributed by atoms with E-state index in [0.717, 1.165) is 17.6 Å². The molecule has 2 aromatic heterocycles. The highest BCUT2D eigenvalue weighted by Crippen LogP contribution is 2.16. The van der Waals surface area contributed by atoms with Crippen molar-refractivity contribution in [2.75, 3.05) is 11.9 Å². The fourth-order valence-electron chi connectivity index (χ4n) is 2.36. The Labute approximate surface area is 122 Å². The van der Waals surface area contributed by atoms with Gasteiger partial charge in [-0.15, -0.1) is 0 Å². The lowest BCUT2D eigenvalue weighted by molar-refractivity contribution is 0.596. The molecule has 0 saturated carbocycles. The Bertz CT molecular complexity index is 718. The van der Waals surface area contributed by atoms with Crippen molar-refractivity contribution in [3.8, 4) is 0 Å². The lowest BCUT2D eigenvalue weighted by Gasteiger charge is -2.07. The Morgan fingerprint density at radius 1 is 1.24 bits per heavy atom. The molecule has 0 unspecified atom stereocenters. The van der Waals surface area contributed by atoms with Crippen LogP contribution in [0.25, 0.3) is 10.9 Å². The predicted molar refractivity (Wildman–Crippen MR) is 81.9 cm³/mol. The van der Waals surface area contributed by atoms with Gasteiger partial charge in [-0.3, -0.25) is 0 Å². The Morgan fingerprint density at radius 3 is 2.90 bits per heavy atom. The molecule has 1 aromatic carbocycles. The molecule has 0 fully saturated rings. The predicted octanol–water partition coefficient (Wildman–Crippen LogP) is 3.31. The summed E-state index contributed by atoms with van der Waals surface area (Å²) >= 11 is 0. The SMILES string of the molecule is CCc1ncnc(NCCc2cc3ccccc3[nH]2)c1F. The molecule has 0 aliphatic carbocycles. The number of anilines is 1. The van der Waals surface area contributed by atoms with Crippen LogP contribution in [0.4, 0.5) is 10.2 Å².